The minimum absolute atomic E-state index is 0.249. The van der Waals surface area contributed by atoms with Crippen molar-refractivity contribution in [2.45, 2.75) is 72.5 Å². The quantitative estimate of drug-likeness (QED) is 0.241. The Morgan fingerprint density at radius 2 is 1.87 bits per heavy atom. The molecule has 1 atom stereocenters. The zero-order chi connectivity index (χ0) is 18.3. The van der Waals surface area contributed by atoms with Crippen LogP contribution in [0, 0.1) is 5.92 Å². The molecular weight excluding hydrogens is 304 g/mol. The minimum Gasteiger partial charge on any atom is -0.463 e. The molecule has 0 spiro atoms. The highest BCUT2D eigenvalue weighted by atomic mass is 28.4. The molecule has 0 heterocycles. The molecule has 4 heteroatoms. The predicted octanol–water partition coefficient (Wildman–Crippen LogP) is 5.49. The van der Waals surface area contributed by atoms with Crippen LogP contribution >= 0.6 is 0 Å². The van der Waals surface area contributed by atoms with Gasteiger partial charge in [0.05, 0.1) is 6.61 Å². The molecule has 134 valence electrons. The molecule has 3 nitrogen and oxygen atoms in total. The molecule has 0 saturated carbocycles. The lowest BCUT2D eigenvalue weighted by molar-refractivity contribution is -0.138. The van der Waals surface area contributed by atoms with Gasteiger partial charge in [-0.3, -0.25) is 0 Å². The van der Waals surface area contributed by atoms with Gasteiger partial charge in [0.25, 0.3) is 0 Å². The topological polar surface area (TPSA) is 35.5 Å². The Hall–Kier alpha value is -0.873. The Morgan fingerprint density at radius 3 is 2.35 bits per heavy atom. The van der Waals surface area contributed by atoms with E-state index in [1.165, 1.54) is 0 Å². The average Bonchev–Trinajstić information content (AvgIpc) is 2.36. The normalized spacial score (nSPS) is 14.5. The van der Waals surface area contributed by atoms with E-state index in [-0.39, 0.29) is 11.0 Å². The zero-order valence-electron chi connectivity index (χ0n) is 16.4. The second kappa shape index (κ2) is 9.43. The third-order valence-electron chi connectivity index (χ3n) is 4.51. The fourth-order valence-corrected chi connectivity index (χ4v) is 3.01. The molecule has 0 aliphatic rings. The maximum atomic E-state index is 11.6. The summed E-state index contributed by atoms with van der Waals surface area (Å²) in [6.45, 7) is 22.4. The zero-order valence-corrected chi connectivity index (χ0v) is 17.4. The summed E-state index contributed by atoms with van der Waals surface area (Å²) in [7, 11) is -1.66. The van der Waals surface area contributed by atoms with Crippen LogP contribution in [0.2, 0.25) is 18.1 Å². The Labute approximate surface area is 144 Å². The fraction of sp³-hybridized carbons (Fsp3) is 0.737. The third kappa shape index (κ3) is 8.52. The Bertz CT molecular complexity index is 430. The first-order valence-electron chi connectivity index (χ1n) is 8.58. The molecule has 0 radical (unpaired) electrons. The molecule has 0 aromatic heterocycles. The lowest BCUT2D eigenvalue weighted by atomic mass is 9.98. The largest absolute Gasteiger partial charge is 0.463 e. The Balaban J connectivity index is 4.31. The van der Waals surface area contributed by atoms with Gasteiger partial charge in [-0.15, -0.1) is 0 Å². The van der Waals surface area contributed by atoms with Gasteiger partial charge >= 0.3 is 5.97 Å². The number of hydrogen-bond donors (Lipinski definition) is 0. The fourth-order valence-electron chi connectivity index (χ4n) is 1.95. The number of hydrogen-bond acceptors (Lipinski definition) is 3. The van der Waals surface area contributed by atoms with E-state index < -0.39 is 8.32 Å². The van der Waals surface area contributed by atoms with Gasteiger partial charge in [0.1, 0.15) is 0 Å². The van der Waals surface area contributed by atoms with Gasteiger partial charge in [0.15, 0.2) is 8.32 Å². The van der Waals surface area contributed by atoms with Crippen LogP contribution < -0.4 is 0 Å². The summed E-state index contributed by atoms with van der Waals surface area (Å²) < 4.78 is 11.2. The molecule has 0 bridgehead atoms. The molecule has 0 aromatic carbocycles. The Kier molecular flexibility index (Phi) is 9.07. The molecule has 0 amide bonds. The van der Waals surface area contributed by atoms with Crippen molar-refractivity contribution in [3.05, 3.63) is 23.8 Å². The number of allylic oxidation sites excluding steroid dienone is 2. The predicted molar refractivity (Wildman–Crippen MR) is 101 cm³/mol. The number of carbonyl (C=O) groups excluding carboxylic acids is 1. The number of rotatable bonds is 9. The van der Waals surface area contributed by atoms with E-state index in [0.29, 0.717) is 18.1 Å². The second-order valence-electron chi connectivity index (χ2n) is 7.91. The van der Waals surface area contributed by atoms with Crippen molar-refractivity contribution in [2.24, 2.45) is 5.92 Å². The van der Waals surface area contributed by atoms with E-state index >= 15 is 0 Å². The van der Waals surface area contributed by atoms with Crippen molar-refractivity contribution in [3.8, 4) is 0 Å². The molecule has 0 rings (SSSR count). The lowest BCUT2D eigenvalue weighted by Crippen LogP contribution is -2.41. The molecule has 0 saturated heterocycles. The van der Waals surface area contributed by atoms with E-state index in [1.54, 1.807) is 6.92 Å². The van der Waals surface area contributed by atoms with E-state index in [4.69, 9.17) is 9.16 Å². The highest BCUT2D eigenvalue weighted by Gasteiger charge is 2.36. The van der Waals surface area contributed by atoms with Gasteiger partial charge in [0, 0.05) is 12.2 Å². The summed E-state index contributed by atoms with van der Waals surface area (Å²) in [5.41, 5.74) is 1.58. The van der Waals surface area contributed by atoms with Crippen molar-refractivity contribution in [3.63, 3.8) is 0 Å². The smallest absolute Gasteiger partial charge is 0.333 e. The van der Waals surface area contributed by atoms with Crippen LogP contribution in [0.25, 0.3) is 0 Å². The maximum Gasteiger partial charge on any atom is 0.333 e. The number of ether oxygens (including phenoxy) is 1. The molecule has 0 N–H and O–H groups in total. The van der Waals surface area contributed by atoms with E-state index in [1.807, 2.05) is 13.0 Å². The summed E-state index contributed by atoms with van der Waals surface area (Å²) in [5, 5.41) is 0.249. The van der Waals surface area contributed by atoms with Crippen molar-refractivity contribution in [2.75, 3.05) is 13.2 Å². The summed E-state index contributed by atoms with van der Waals surface area (Å²) >= 11 is 0. The SMILES string of the molecule is C=C(/C=C(\C)C(=O)OCC)C[C@@H](C)CCO[Si](C)(C)C(C)(C)C. The molecule has 0 aliphatic carbocycles. The lowest BCUT2D eigenvalue weighted by Gasteiger charge is -2.36. The molecule has 0 fully saturated rings. The van der Waals surface area contributed by atoms with Crippen LogP contribution in [-0.4, -0.2) is 27.5 Å². The molecule has 0 unspecified atom stereocenters. The van der Waals surface area contributed by atoms with Gasteiger partial charge < -0.3 is 9.16 Å². The highest BCUT2D eigenvalue weighted by Crippen LogP contribution is 2.36. The van der Waals surface area contributed by atoms with Crippen LogP contribution in [0.3, 0.4) is 0 Å². The first-order chi connectivity index (χ1) is 10.4. The van der Waals surface area contributed by atoms with Crippen LogP contribution in [0.15, 0.2) is 23.8 Å². The monoisotopic (exact) mass is 340 g/mol. The van der Waals surface area contributed by atoms with Crippen LogP contribution in [-0.2, 0) is 14.0 Å². The van der Waals surface area contributed by atoms with Gasteiger partial charge in [-0.05, 0) is 56.8 Å². The standard InChI is InChI=1S/C19H36O3Si/c1-10-21-18(20)17(4)14-16(3)13-15(2)11-12-22-23(8,9)19(5,6)7/h14-15H,3,10-13H2,1-2,4-9H3/b17-14+/t15-/m0/s1. The number of carbonyl (C=O) groups is 1. The van der Waals surface area contributed by atoms with E-state index in [0.717, 1.165) is 25.0 Å². The molecule has 23 heavy (non-hydrogen) atoms. The average molecular weight is 341 g/mol. The molecular formula is C19H36O3Si. The third-order valence-corrected chi connectivity index (χ3v) is 9.05. The van der Waals surface area contributed by atoms with Gasteiger partial charge in [-0.2, -0.15) is 0 Å². The minimum atomic E-state index is -1.66. The number of esters is 1. The van der Waals surface area contributed by atoms with Crippen LogP contribution in [0.4, 0.5) is 0 Å². The second-order valence-corrected chi connectivity index (χ2v) is 12.7. The highest BCUT2D eigenvalue weighted by molar-refractivity contribution is 6.74. The summed E-state index contributed by atoms with van der Waals surface area (Å²) in [6, 6.07) is 0. The van der Waals surface area contributed by atoms with Gasteiger partial charge in [-0.25, -0.2) is 4.79 Å². The van der Waals surface area contributed by atoms with Crippen LogP contribution in [0.1, 0.15) is 54.4 Å². The van der Waals surface area contributed by atoms with Crippen molar-refractivity contribution in [1.29, 1.82) is 0 Å². The van der Waals surface area contributed by atoms with Crippen molar-refractivity contribution < 1.29 is 14.0 Å². The Morgan fingerprint density at radius 1 is 1.30 bits per heavy atom. The first-order valence-corrected chi connectivity index (χ1v) is 11.5. The first kappa shape index (κ1) is 22.1. The maximum absolute atomic E-state index is 11.6. The van der Waals surface area contributed by atoms with E-state index in [9.17, 15) is 4.79 Å². The van der Waals surface area contributed by atoms with E-state index in [2.05, 4.69) is 47.4 Å². The van der Waals surface area contributed by atoms with Crippen molar-refractivity contribution >= 4 is 14.3 Å². The molecule has 0 aliphatic heterocycles. The van der Waals surface area contributed by atoms with Gasteiger partial charge in [-0.1, -0.05) is 39.8 Å². The summed E-state index contributed by atoms with van der Waals surface area (Å²) in [5.74, 6) is 0.223. The van der Waals surface area contributed by atoms with Crippen LogP contribution in [0.5, 0.6) is 0 Å². The molecule has 0 aromatic rings. The summed E-state index contributed by atoms with van der Waals surface area (Å²) in [4.78, 5) is 11.6. The van der Waals surface area contributed by atoms with Gasteiger partial charge in [0.2, 0.25) is 0 Å². The van der Waals surface area contributed by atoms with Crippen molar-refractivity contribution in [1.82, 2.24) is 0 Å². The summed E-state index contributed by atoms with van der Waals surface area (Å²) in [6.07, 6.45) is 3.72.